The molecule has 3 aromatic rings. The van der Waals surface area contributed by atoms with Crippen LogP contribution in [0.1, 0.15) is 10.6 Å². The van der Waals surface area contributed by atoms with Crippen molar-refractivity contribution in [1.82, 2.24) is 0 Å². The average Bonchev–Trinajstić information content (AvgIpc) is 2.55. The van der Waals surface area contributed by atoms with Crippen LogP contribution in [0.3, 0.4) is 0 Å². The van der Waals surface area contributed by atoms with Gasteiger partial charge in [0.1, 0.15) is 5.58 Å². The van der Waals surface area contributed by atoms with Gasteiger partial charge < -0.3 is 9.73 Å². The van der Waals surface area contributed by atoms with Crippen LogP contribution >= 0.6 is 0 Å². The summed E-state index contributed by atoms with van der Waals surface area (Å²) >= 11 is 0. The molecule has 0 saturated carbocycles. The Kier molecular flexibility index (Phi) is 4.28. The maximum Gasteiger partial charge on any atom is 0.291 e. The normalized spacial score (nSPS) is 11.2. The van der Waals surface area contributed by atoms with Crippen LogP contribution < -0.4 is 15.5 Å². The molecule has 8 heteroatoms. The number of amides is 1. The minimum absolute atomic E-state index is 0.169. The van der Waals surface area contributed by atoms with Crippen LogP contribution in [-0.4, -0.2) is 20.6 Å². The summed E-state index contributed by atoms with van der Waals surface area (Å²) < 4.78 is 30.6. The van der Waals surface area contributed by atoms with Crippen LogP contribution in [0.4, 0.5) is 11.4 Å². The smallest absolute Gasteiger partial charge is 0.291 e. The maximum atomic E-state index is 12.4. The van der Waals surface area contributed by atoms with Crippen LogP contribution in [0.15, 0.2) is 63.8 Å². The first-order chi connectivity index (χ1) is 11.8. The van der Waals surface area contributed by atoms with Gasteiger partial charge in [-0.1, -0.05) is 24.3 Å². The van der Waals surface area contributed by atoms with Gasteiger partial charge in [0.05, 0.1) is 23.0 Å². The number of para-hydroxylation sites is 3. The fourth-order valence-electron chi connectivity index (χ4n) is 2.28. The summed E-state index contributed by atoms with van der Waals surface area (Å²) in [5, 5.41) is 2.92. The van der Waals surface area contributed by atoms with E-state index in [9.17, 15) is 18.0 Å². The van der Waals surface area contributed by atoms with E-state index in [1.54, 1.807) is 36.4 Å². The van der Waals surface area contributed by atoms with Gasteiger partial charge in [-0.25, -0.2) is 8.42 Å². The number of carbonyl (C=O) groups excluding carboxylic acids is 1. The standard InChI is InChI=1S/C17H14N2O5S/c1-25(22,23)19-13-8-4-3-7-12(13)18-17(21)16-10-14(20)11-6-2-5-9-15(11)24-16/h2-10,19H,1H3,(H,18,21). The second kappa shape index (κ2) is 6.40. The molecule has 7 nitrogen and oxygen atoms in total. The molecule has 0 spiro atoms. The molecular formula is C17H14N2O5S. The van der Waals surface area contributed by atoms with Crippen molar-refractivity contribution in [3.63, 3.8) is 0 Å². The van der Waals surface area contributed by atoms with Crippen molar-refractivity contribution in [2.24, 2.45) is 0 Å². The molecule has 0 aliphatic carbocycles. The number of hydrogen-bond acceptors (Lipinski definition) is 5. The van der Waals surface area contributed by atoms with Crippen molar-refractivity contribution in [2.75, 3.05) is 16.3 Å². The van der Waals surface area contributed by atoms with Crippen molar-refractivity contribution >= 4 is 38.3 Å². The molecular weight excluding hydrogens is 344 g/mol. The lowest BCUT2D eigenvalue weighted by Gasteiger charge is -2.11. The van der Waals surface area contributed by atoms with Crippen LogP contribution in [0.2, 0.25) is 0 Å². The Balaban J connectivity index is 1.95. The molecule has 0 bridgehead atoms. The molecule has 1 aromatic heterocycles. The SMILES string of the molecule is CS(=O)(=O)Nc1ccccc1NC(=O)c1cc(=O)c2ccccc2o1. The zero-order valence-electron chi connectivity index (χ0n) is 13.1. The van der Waals surface area contributed by atoms with Gasteiger partial charge in [-0.2, -0.15) is 0 Å². The zero-order valence-corrected chi connectivity index (χ0v) is 14.0. The molecule has 0 radical (unpaired) electrons. The van der Waals surface area contributed by atoms with Crippen molar-refractivity contribution < 1.29 is 17.6 Å². The minimum atomic E-state index is -3.51. The van der Waals surface area contributed by atoms with Crippen LogP contribution in [-0.2, 0) is 10.0 Å². The highest BCUT2D eigenvalue weighted by molar-refractivity contribution is 7.92. The molecule has 0 aliphatic heterocycles. The lowest BCUT2D eigenvalue weighted by atomic mass is 10.2. The van der Waals surface area contributed by atoms with Crippen molar-refractivity contribution in [1.29, 1.82) is 0 Å². The van der Waals surface area contributed by atoms with Crippen molar-refractivity contribution in [2.45, 2.75) is 0 Å². The first-order valence-corrected chi connectivity index (χ1v) is 9.14. The Morgan fingerprint density at radius 3 is 2.36 bits per heavy atom. The van der Waals surface area contributed by atoms with E-state index in [0.29, 0.717) is 11.0 Å². The number of nitrogens with one attached hydrogen (secondary N) is 2. The molecule has 1 amide bonds. The van der Waals surface area contributed by atoms with Gasteiger partial charge in [-0.3, -0.25) is 14.3 Å². The van der Waals surface area contributed by atoms with Crippen molar-refractivity contribution in [3.05, 3.63) is 70.6 Å². The van der Waals surface area contributed by atoms with E-state index >= 15 is 0 Å². The zero-order chi connectivity index (χ0) is 18.0. The van der Waals surface area contributed by atoms with Gasteiger partial charge in [0.15, 0.2) is 11.2 Å². The average molecular weight is 358 g/mol. The molecule has 0 atom stereocenters. The Morgan fingerprint density at radius 2 is 1.64 bits per heavy atom. The number of carbonyl (C=O) groups is 1. The summed E-state index contributed by atoms with van der Waals surface area (Å²) in [6.07, 6.45) is 1.01. The molecule has 0 fully saturated rings. The number of hydrogen-bond donors (Lipinski definition) is 2. The fraction of sp³-hybridized carbons (Fsp3) is 0.0588. The Labute approximate surface area is 143 Å². The number of fused-ring (bicyclic) bond motifs is 1. The van der Waals surface area contributed by atoms with Gasteiger partial charge in [0.25, 0.3) is 5.91 Å². The summed E-state index contributed by atoms with van der Waals surface area (Å²) in [6, 6.07) is 14.0. The highest BCUT2D eigenvalue weighted by atomic mass is 32.2. The van der Waals surface area contributed by atoms with E-state index in [1.165, 1.54) is 12.1 Å². The van der Waals surface area contributed by atoms with E-state index < -0.39 is 15.9 Å². The predicted molar refractivity (Wildman–Crippen MR) is 95.3 cm³/mol. The molecule has 25 heavy (non-hydrogen) atoms. The predicted octanol–water partition coefficient (Wildman–Crippen LogP) is 2.42. The van der Waals surface area contributed by atoms with Crippen molar-refractivity contribution in [3.8, 4) is 0 Å². The maximum absolute atomic E-state index is 12.4. The van der Waals surface area contributed by atoms with E-state index in [4.69, 9.17) is 4.42 Å². The van der Waals surface area contributed by atoms with E-state index in [2.05, 4.69) is 10.0 Å². The summed E-state index contributed by atoms with van der Waals surface area (Å²) in [7, 11) is -3.51. The van der Waals surface area contributed by atoms with Crippen LogP contribution in [0.25, 0.3) is 11.0 Å². The molecule has 2 N–H and O–H groups in total. The Bertz CT molecular complexity index is 1120. The third-order valence-electron chi connectivity index (χ3n) is 3.33. The monoisotopic (exact) mass is 358 g/mol. The number of rotatable bonds is 4. The Hall–Kier alpha value is -3.13. The highest BCUT2D eigenvalue weighted by Crippen LogP contribution is 2.23. The highest BCUT2D eigenvalue weighted by Gasteiger charge is 2.15. The Morgan fingerprint density at radius 1 is 1.00 bits per heavy atom. The van der Waals surface area contributed by atoms with Gasteiger partial charge >= 0.3 is 0 Å². The topological polar surface area (TPSA) is 105 Å². The summed E-state index contributed by atoms with van der Waals surface area (Å²) in [5.41, 5.74) is 0.410. The lowest BCUT2D eigenvalue weighted by Crippen LogP contribution is -2.17. The molecule has 0 saturated heterocycles. The number of anilines is 2. The van der Waals surface area contributed by atoms with E-state index in [-0.39, 0.29) is 22.6 Å². The second-order valence-electron chi connectivity index (χ2n) is 5.34. The van der Waals surface area contributed by atoms with Gasteiger partial charge in [0, 0.05) is 6.07 Å². The molecule has 1 heterocycles. The number of sulfonamides is 1. The number of benzene rings is 2. The quantitative estimate of drug-likeness (QED) is 0.745. The summed E-state index contributed by atoms with van der Waals surface area (Å²) in [6.45, 7) is 0. The van der Waals surface area contributed by atoms with Gasteiger partial charge in [0.2, 0.25) is 10.0 Å². The first-order valence-electron chi connectivity index (χ1n) is 7.24. The van der Waals surface area contributed by atoms with Crippen LogP contribution in [0, 0.1) is 0 Å². The summed E-state index contributed by atoms with van der Waals surface area (Å²) in [5.74, 6) is -0.830. The van der Waals surface area contributed by atoms with Gasteiger partial charge in [-0.15, -0.1) is 0 Å². The molecule has 128 valence electrons. The molecule has 0 aliphatic rings. The third kappa shape index (κ3) is 3.86. The second-order valence-corrected chi connectivity index (χ2v) is 7.09. The summed E-state index contributed by atoms with van der Waals surface area (Å²) in [4.78, 5) is 24.5. The fourth-order valence-corrected chi connectivity index (χ4v) is 2.86. The first kappa shape index (κ1) is 16.7. The molecule has 2 aromatic carbocycles. The van der Waals surface area contributed by atoms with E-state index in [0.717, 1.165) is 12.3 Å². The van der Waals surface area contributed by atoms with Gasteiger partial charge in [-0.05, 0) is 24.3 Å². The lowest BCUT2D eigenvalue weighted by molar-refractivity contribution is 0.0997. The van der Waals surface area contributed by atoms with Crippen LogP contribution in [0.5, 0.6) is 0 Å². The van der Waals surface area contributed by atoms with E-state index in [1.807, 2.05) is 0 Å². The largest absolute Gasteiger partial charge is 0.451 e. The third-order valence-corrected chi connectivity index (χ3v) is 3.92. The molecule has 3 rings (SSSR count). The molecule has 0 unspecified atom stereocenters. The minimum Gasteiger partial charge on any atom is -0.451 e.